The van der Waals surface area contributed by atoms with Crippen LogP contribution in [0.4, 0.5) is 0 Å². The van der Waals surface area contributed by atoms with E-state index in [0.29, 0.717) is 17.6 Å². The first-order valence-corrected chi connectivity index (χ1v) is 7.14. The SMILES string of the molecule is Oc1c(Br)cccc1CNCc1nc2ccccc2[nH]1. The summed E-state index contributed by atoms with van der Waals surface area (Å²) in [6, 6.07) is 13.6. The third kappa shape index (κ3) is 2.69. The van der Waals surface area contributed by atoms with E-state index in [1.165, 1.54) is 0 Å². The van der Waals surface area contributed by atoms with Crippen LogP contribution < -0.4 is 5.32 Å². The molecule has 0 saturated carbocycles. The van der Waals surface area contributed by atoms with Crippen molar-refractivity contribution >= 4 is 27.0 Å². The van der Waals surface area contributed by atoms with Gasteiger partial charge in [0.15, 0.2) is 0 Å². The maximum absolute atomic E-state index is 9.90. The number of aromatic nitrogens is 2. The van der Waals surface area contributed by atoms with E-state index in [0.717, 1.165) is 22.4 Å². The van der Waals surface area contributed by atoms with Gasteiger partial charge >= 0.3 is 0 Å². The third-order valence-electron chi connectivity index (χ3n) is 3.12. The summed E-state index contributed by atoms with van der Waals surface area (Å²) in [7, 11) is 0. The van der Waals surface area contributed by atoms with Crippen LogP contribution in [-0.4, -0.2) is 15.1 Å². The standard InChI is InChI=1S/C15H14BrN3O/c16-11-5-3-4-10(15(11)20)8-17-9-14-18-12-6-1-2-7-13(12)19-14/h1-7,17,20H,8-9H2,(H,18,19). The molecule has 2 aromatic carbocycles. The molecule has 0 aliphatic rings. The number of H-pyrrole nitrogens is 1. The predicted molar refractivity (Wildman–Crippen MR) is 82.4 cm³/mol. The van der Waals surface area contributed by atoms with E-state index in [4.69, 9.17) is 0 Å². The molecule has 0 radical (unpaired) electrons. The van der Waals surface area contributed by atoms with E-state index >= 15 is 0 Å². The van der Waals surface area contributed by atoms with Crippen molar-refractivity contribution in [2.24, 2.45) is 0 Å². The third-order valence-corrected chi connectivity index (χ3v) is 3.76. The molecule has 20 heavy (non-hydrogen) atoms. The minimum atomic E-state index is 0.282. The van der Waals surface area contributed by atoms with Gasteiger partial charge in [0.2, 0.25) is 0 Å². The van der Waals surface area contributed by atoms with Crippen LogP contribution in [0.3, 0.4) is 0 Å². The Balaban J connectivity index is 1.66. The molecule has 0 aliphatic heterocycles. The lowest BCUT2D eigenvalue weighted by molar-refractivity contribution is 0.460. The van der Waals surface area contributed by atoms with Crippen LogP contribution in [0.25, 0.3) is 11.0 Å². The van der Waals surface area contributed by atoms with Gasteiger partial charge in [-0.25, -0.2) is 4.98 Å². The normalized spacial score (nSPS) is 11.1. The van der Waals surface area contributed by atoms with E-state index in [9.17, 15) is 5.11 Å². The summed E-state index contributed by atoms with van der Waals surface area (Å²) >= 11 is 3.31. The average Bonchev–Trinajstić information content (AvgIpc) is 2.86. The molecule has 0 fully saturated rings. The molecule has 0 aliphatic carbocycles. The largest absolute Gasteiger partial charge is 0.506 e. The van der Waals surface area contributed by atoms with Crippen molar-refractivity contribution in [3.8, 4) is 5.75 Å². The van der Waals surface area contributed by atoms with Gasteiger partial charge in [-0.2, -0.15) is 0 Å². The zero-order chi connectivity index (χ0) is 13.9. The van der Waals surface area contributed by atoms with Crippen LogP contribution in [0.2, 0.25) is 0 Å². The lowest BCUT2D eigenvalue weighted by atomic mass is 10.2. The molecule has 0 bridgehead atoms. The fraction of sp³-hybridized carbons (Fsp3) is 0.133. The zero-order valence-corrected chi connectivity index (χ0v) is 12.3. The Labute approximate surface area is 125 Å². The maximum Gasteiger partial charge on any atom is 0.134 e. The molecule has 5 heteroatoms. The zero-order valence-electron chi connectivity index (χ0n) is 10.7. The molecular formula is C15H14BrN3O. The van der Waals surface area contributed by atoms with E-state index in [2.05, 4.69) is 31.2 Å². The quantitative estimate of drug-likeness (QED) is 0.687. The maximum atomic E-state index is 9.90. The topological polar surface area (TPSA) is 60.9 Å². The highest BCUT2D eigenvalue weighted by Gasteiger charge is 2.05. The summed E-state index contributed by atoms with van der Waals surface area (Å²) in [4.78, 5) is 7.76. The Morgan fingerprint density at radius 1 is 1.10 bits per heavy atom. The van der Waals surface area contributed by atoms with Crippen LogP contribution >= 0.6 is 15.9 Å². The number of rotatable bonds is 4. The number of aromatic hydroxyl groups is 1. The number of halogens is 1. The van der Waals surface area contributed by atoms with Crippen molar-refractivity contribution in [1.82, 2.24) is 15.3 Å². The van der Waals surface area contributed by atoms with Crippen molar-refractivity contribution in [3.63, 3.8) is 0 Å². The second-order valence-corrected chi connectivity index (χ2v) is 5.41. The van der Waals surface area contributed by atoms with Crippen LogP contribution in [-0.2, 0) is 13.1 Å². The Bertz CT molecular complexity index is 706. The van der Waals surface area contributed by atoms with Gasteiger partial charge in [-0.05, 0) is 34.1 Å². The van der Waals surface area contributed by atoms with Gasteiger partial charge in [0, 0.05) is 12.1 Å². The highest BCUT2D eigenvalue weighted by atomic mass is 79.9. The number of nitrogens with zero attached hydrogens (tertiary/aromatic N) is 1. The van der Waals surface area contributed by atoms with Gasteiger partial charge in [0.05, 0.1) is 22.1 Å². The van der Waals surface area contributed by atoms with Crippen LogP contribution in [0.5, 0.6) is 5.75 Å². The van der Waals surface area contributed by atoms with Gasteiger partial charge in [-0.15, -0.1) is 0 Å². The fourth-order valence-corrected chi connectivity index (χ4v) is 2.51. The van der Waals surface area contributed by atoms with Gasteiger partial charge in [0.25, 0.3) is 0 Å². The summed E-state index contributed by atoms with van der Waals surface area (Å²) in [5.41, 5.74) is 2.86. The van der Waals surface area contributed by atoms with E-state index < -0.39 is 0 Å². The summed E-state index contributed by atoms with van der Waals surface area (Å²) in [6.45, 7) is 1.21. The minimum absolute atomic E-state index is 0.282. The van der Waals surface area contributed by atoms with Gasteiger partial charge in [-0.1, -0.05) is 24.3 Å². The molecule has 0 amide bonds. The molecule has 102 valence electrons. The van der Waals surface area contributed by atoms with Gasteiger partial charge in [-0.3, -0.25) is 0 Å². The first kappa shape index (κ1) is 13.1. The second kappa shape index (κ2) is 5.64. The smallest absolute Gasteiger partial charge is 0.134 e. The summed E-state index contributed by atoms with van der Waals surface area (Å²) in [6.07, 6.45) is 0. The molecule has 4 nitrogen and oxygen atoms in total. The number of hydrogen-bond donors (Lipinski definition) is 3. The summed E-state index contributed by atoms with van der Waals surface area (Å²) in [5.74, 6) is 1.17. The number of nitrogens with one attached hydrogen (secondary N) is 2. The van der Waals surface area contributed by atoms with Crippen LogP contribution in [0, 0.1) is 0 Å². The molecule has 3 aromatic rings. The molecule has 0 saturated heterocycles. The molecule has 3 N–H and O–H groups in total. The van der Waals surface area contributed by atoms with Gasteiger partial charge < -0.3 is 15.4 Å². The molecule has 0 atom stereocenters. The first-order chi connectivity index (χ1) is 9.74. The number of hydrogen-bond acceptors (Lipinski definition) is 3. The number of para-hydroxylation sites is 3. The van der Waals surface area contributed by atoms with Crippen molar-refractivity contribution in [3.05, 3.63) is 58.3 Å². The van der Waals surface area contributed by atoms with Crippen molar-refractivity contribution in [2.45, 2.75) is 13.1 Å². The highest BCUT2D eigenvalue weighted by molar-refractivity contribution is 9.10. The van der Waals surface area contributed by atoms with Gasteiger partial charge in [0.1, 0.15) is 11.6 Å². The molecule has 1 heterocycles. The molecule has 0 spiro atoms. The molecule has 0 unspecified atom stereocenters. The monoisotopic (exact) mass is 331 g/mol. The van der Waals surface area contributed by atoms with Crippen molar-refractivity contribution in [1.29, 1.82) is 0 Å². The molecule has 1 aromatic heterocycles. The Morgan fingerprint density at radius 2 is 1.95 bits per heavy atom. The summed E-state index contributed by atoms with van der Waals surface area (Å²) in [5, 5.41) is 13.2. The molecular weight excluding hydrogens is 318 g/mol. The summed E-state index contributed by atoms with van der Waals surface area (Å²) < 4.78 is 0.709. The van der Waals surface area contributed by atoms with E-state index in [1.807, 2.05) is 42.5 Å². The lowest BCUT2D eigenvalue weighted by Crippen LogP contribution is -2.13. The fourth-order valence-electron chi connectivity index (χ4n) is 2.11. The number of phenolic OH excluding ortho intramolecular Hbond substituents is 1. The number of fused-ring (bicyclic) bond motifs is 1. The number of aromatic amines is 1. The molecule has 3 rings (SSSR count). The second-order valence-electron chi connectivity index (χ2n) is 4.55. The van der Waals surface area contributed by atoms with Crippen molar-refractivity contribution < 1.29 is 5.11 Å². The number of phenols is 1. The highest BCUT2D eigenvalue weighted by Crippen LogP contribution is 2.27. The number of benzene rings is 2. The predicted octanol–water partition coefficient (Wildman–Crippen LogP) is 3.32. The van der Waals surface area contributed by atoms with E-state index in [-0.39, 0.29) is 5.75 Å². The Kier molecular flexibility index (Phi) is 3.71. The Morgan fingerprint density at radius 3 is 2.80 bits per heavy atom. The first-order valence-electron chi connectivity index (χ1n) is 6.35. The minimum Gasteiger partial charge on any atom is -0.506 e. The average molecular weight is 332 g/mol. The lowest BCUT2D eigenvalue weighted by Gasteiger charge is -2.06. The van der Waals surface area contributed by atoms with Crippen LogP contribution in [0.15, 0.2) is 46.9 Å². The van der Waals surface area contributed by atoms with E-state index in [1.54, 1.807) is 0 Å². The Hall–Kier alpha value is -1.85. The number of imidazole rings is 1. The van der Waals surface area contributed by atoms with Crippen LogP contribution in [0.1, 0.15) is 11.4 Å². The van der Waals surface area contributed by atoms with Crippen molar-refractivity contribution in [2.75, 3.05) is 0 Å².